The molecule has 1 aromatic carbocycles. The van der Waals surface area contributed by atoms with Crippen LogP contribution in [0.15, 0.2) is 28.8 Å². The highest BCUT2D eigenvalue weighted by Crippen LogP contribution is 2.18. The zero-order valence-corrected chi connectivity index (χ0v) is 8.77. The van der Waals surface area contributed by atoms with Crippen LogP contribution in [0.4, 0.5) is 0 Å². The van der Waals surface area contributed by atoms with Gasteiger partial charge in [0.2, 0.25) is 11.7 Å². The molecule has 1 atom stereocenters. The highest BCUT2D eigenvalue weighted by atomic mass is 16.5. The number of nitrogens with zero attached hydrogens (tertiary/aromatic N) is 2. The smallest absolute Gasteiger partial charge is 0.243 e. The summed E-state index contributed by atoms with van der Waals surface area (Å²) < 4.78 is 5.03. The van der Waals surface area contributed by atoms with Crippen LogP contribution in [0.3, 0.4) is 0 Å². The number of nitrogens with two attached hydrogens (primary N) is 1. The Hall–Kier alpha value is -1.68. The first-order valence-corrected chi connectivity index (χ1v) is 4.83. The maximum atomic E-state index is 5.64. The first kappa shape index (κ1) is 9.86. The summed E-state index contributed by atoms with van der Waals surface area (Å²) in [4.78, 5) is 4.22. The van der Waals surface area contributed by atoms with Crippen molar-refractivity contribution in [3.63, 3.8) is 0 Å². The second-order valence-corrected chi connectivity index (χ2v) is 3.61. The van der Waals surface area contributed by atoms with Gasteiger partial charge in [0.1, 0.15) is 0 Å². The Morgan fingerprint density at radius 3 is 2.80 bits per heavy atom. The van der Waals surface area contributed by atoms with E-state index in [0.29, 0.717) is 11.7 Å². The number of benzene rings is 1. The maximum absolute atomic E-state index is 5.64. The molecular weight excluding hydrogens is 190 g/mol. The second-order valence-electron chi connectivity index (χ2n) is 3.61. The Morgan fingerprint density at radius 1 is 1.40 bits per heavy atom. The van der Waals surface area contributed by atoms with Crippen molar-refractivity contribution in [3.8, 4) is 11.4 Å². The highest BCUT2D eigenvalue weighted by Gasteiger charge is 2.11. The first-order valence-electron chi connectivity index (χ1n) is 4.83. The Morgan fingerprint density at radius 2 is 2.20 bits per heavy atom. The van der Waals surface area contributed by atoms with Crippen LogP contribution in [0, 0.1) is 6.92 Å². The molecule has 0 radical (unpaired) electrons. The molecule has 4 heteroatoms. The van der Waals surface area contributed by atoms with Crippen molar-refractivity contribution in [3.05, 3.63) is 35.7 Å². The summed E-state index contributed by atoms with van der Waals surface area (Å²) in [6.07, 6.45) is 0. The summed E-state index contributed by atoms with van der Waals surface area (Å²) in [5, 5.41) is 3.88. The first-order chi connectivity index (χ1) is 7.16. The quantitative estimate of drug-likeness (QED) is 0.811. The summed E-state index contributed by atoms with van der Waals surface area (Å²) in [5.74, 6) is 1.05. The average molecular weight is 203 g/mol. The third kappa shape index (κ3) is 2.05. The fourth-order valence-corrected chi connectivity index (χ4v) is 1.32. The third-order valence-corrected chi connectivity index (χ3v) is 2.11. The summed E-state index contributed by atoms with van der Waals surface area (Å²) >= 11 is 0. The molecule has 78 valence electrons. The molecule has 2 aromatic rings. The summed E-state index contributed by atoms with van der Waals surface area (Å²) in [7, 11) is 0. The molecule has 2 rings (SSSR count). The predicted molar refractivity (Wildman–Crippen MR) is 57.1 cm³/mol. The van der Waals surface area contributed by atoms with Gasteiger partial charge in [-0.2, -0.15) is 4.98 Å². The van der Waals surface area contributed by atoms with E-state index < -0.39 is 0 Å². The van der Waals surface area contributed by atoms with Gasteiger partial charge in [0.05, 0.1) is 6.04 Å². The molecule has 0 amide bonds. The largest absolute Gasteiger partial charge is 0.337 e. The Balaban J connectivity index is 2.37. The Bertz CT molecular complexity index is 462. The van der Waals surface area contributed by atoms with Gasteiger partial charge in [-0.3, -0.25) is 0 Å². The van der Waals surface area contributed by atoms with Crippen LogP contribution in [-0.4, -0.2) is 10.1 Å². The molecule has 0 fully saturated rings. The minimum Gasteiger partial charge on any atom is -0.337 e. The lowest BCUT2D eigenvalue weighted by Gasteiger charge is -1.96. The lowest BCUT2D eigenvalue weighted by Crippen LogP contribution is -2.04. The number of aromatic nitrogens is 2. The van der Waals surface area contributed by atoms with Crippen LogP contribution in [0.5, 0.6) is 0 Å². The van der Waals surface area contributed by atoms with Gasteiger partial charge in [-0.1, -0.05) is 28.9 Å². The van der Waals surface area contributed by atoms with Gasteiger partial charge in [-0.05, 0) is 19.9 Å². The number of rotatable bonds is 2. The number of aryl methyl sites for hydroxylation is 1. The molecule has 0 saturated heterocycles. The van der Waals surface area contributed by atoms with E-state index in [2.05, 4.69) is 10.1 Å². The van der Waals surface area contributed by atoms with Crippen LogP contribution in [0.25, 0.3) is 11.4 Å². The molecule has 0 bridgehead atoms. The van der Waals surface area contributed by atoms with Crippen molar-refractivity contribution >= 4 is 0 Å². The van der Waals surface area contributed by atoms with Crippen LogP contribution >= 0.6 is 0 Å². The van der Waals surface area contributed by atoms with Gasteiger partial charge in [0.15, 0.2) is 0 Å². The Labute approximate surface area is 88.1 Å². The molecule has 15 heavy (non-hydrogen) atoms. The fourth-order valence-electron chi connectivity index (χ4n) is 1.32. The van der Waals surface area contributed by atoms with Gasteiger partial charge < -0.3 is 10.3 Å². The van der Waals surface area contributed by atoms with Gasteiger partial charge in [0.25, 0.3) is 0 Å². The molecule has 1 heterocycles. The van der Waals surface area contributed by atoms with Crippen LogP contribution < -0.4 is 5.73 Å². The molecule has 0 aliphatic rings. The van der Waals surface area contributed by atoms with Crippen molar-refractivity contribution in [2.24, 2.45) is 5.73 Å². The minimum absolute atomic E-state index is 0.226. The topological polar surface area (TPSA) is 64.9 Å². The van der Waals surface area contributed by atoms with E-state index in [9.17, 15) is 0 Å². The molecule has 4 nitrogen and oxygen atoms in total. The van der Waals surface area contributed by atoms with E-state index in [4.69, 9.17) is 10.3 Å². The van der Waals surface area contributed by atoms with Crippen LogP contribution in [0.2, 0.25) is 0 Å². The van der Waals surface area contributed by atoms with E-state index >= 15 is 0 Å². The molecular formula is C11H13N3O. The van der Waals surface area contributed by atoms with E-state index in [1.165, 1.54) is 5.56 Å². The van der Waals surface area contributed by atoms with Crippen LogP contribution in [0.1, 0.15) is 24.4 Å². The van der Waals surface area contributed by atoms with Gasteiger partial charge >= 0.3 is 0 Å². The molecule has 1 aromatic heterocycles. The second kappa shape index (κ2) is 3.82. The van der Waals surface area contributed by atoms with Crippen molar-refractivity contribution in [2.75, 3.05) is 0 Å². The molecule has 0 aliphatic heterocycles. The monoisotopic (exact) mass is 203 g/mol. The normalized spacial score (nSPS) is 12.7. The lowest BCUT2D eigenvalue weighted by molar-refractivity contribution is 0.362. The average Bonchev–Trinajstić information content (AvgIpc) is 2.66. The van der Waals surface area contributed by atoms with E-state index in [0.717, 1.165) is 5.56 Å². The fraction of sp³-hybridized carbons (Fsp3) is 0.273. The zero-order valence-electron chi connectivity index (χ0n) is 8.77. The zero-order chi connectivity index (χ0) is 10.8. The predicted octanol–water partition coefficient (Wildman–Crippen LogP) is 2.06. The standard InChI is InChI=1S/C11H13N3O/c1-7-4-3-5-9(6-7)10-13-11(8(2)12)15-14-10/h3-6,8H,12H2,1-2H3/t8-/m0/s1. The van der Waals surface area contributed by atoms with Crippen molar-refractivity contribution in [1.29, 1.82) is 0 Å². The van der Waals surface area contributed by atoms with Gasteiger partial charge in [-0.25, -0.2) is 0 Å². The third-order valence-electron chi connectivity index (χ3n) is 2.11. The molecule has 2 N–H and O–H groups in total. The maximum Gasteiger partial charge on any atom is 0.243 e. The minimum atomic E-state index is -0.226. The molecule has 0 unspecified atom stereocenters. The lowest BCUT2D eigenvalue weighted by atomic mass is 10.1. The van der Waals surface area contributed by atoms with Crippen LogP contribution in [-0.2, 0) is 0 Å². The summed E-state index contributed by atoms with van der Waals surface area (Å²) in [6, 6.07) is 7.72. The molecule has 0 spiro atoms. The van der Waals surface area contributed by atoms with Crippen molar-refractivity contribution in [2.45, 2.75) is 19.9 Å². The highest BCUT2D eigenvalue weighted by molar-refractivity contribution is 5.55. The van der Waals surface area contributed by atoms with Crippen molar-refractivity contribution < 1.29 is 4.52 Å². The summed E-state index contributed by atoms with van der Waals surface area (Å²) in [6.45, 7) is 3.84. The van der Waals surface area contributed by atoms with Gasteiger partial charge in [-0.15, -0.1) is 0 Å². The van der Waals surface area contributed by atoms with E-state index in [1.54, 1.807) is 0 Å². The molecule has 0 aliphatic carbocycles. The SMILES string of the molecule is Cc1cccc(-c2noc([C@H](C)N)n2)c1. The van der Waals surface area contributed by atoms with Gasteiger partial charge in [0, 0.05) is 5.56 Å². The number of hydrogen-bond acceptors (Lipinski definition) is 4. The number of hydrogen-bond donors (Lipinski definition) is 1. The van der Waals surface area contributed by atoms with E-state index in [-0.39, 0.29) is 6.04 Å². The van der Waals surface area contributed by atoms with Crippen molar-refractivity contribution in [1.82, 2.24) is 10.1 Å². The Kier molecular flexibility index (Phi) is 2.51. The molecule has 0 saturated carbocycles. The summed E-state index contributed by atoms with van der Waals surface area (Å²) in [5.41, 5.74) is 7.75. The van der Waals surface area contributed by atoms with E-state index in [1.807, 2.05) is 38.1 Å².